The summed E-state index contributed by atoms with van der Waals surface area (Å²) >= 11 is 7.96. The molecule has 92 valence electrons. The van der Waals surface area contributed by atoms with E-state index in [0.29, 0.717) is 17.5 Å². The van der Waals surface area contributed by atoms with Crippen LogP contribution in [0.4, 0.5) is 0 Å². The number of aromatic nitrogens is 2. The molecule has 18 heavy (non-hydrogen) atoms. The average molecular weight is 278 g/mol. The van der Waals surface area contributed by atoms with Gasteiger partial charge in [-0.3, -0.25) is 0 Å². The van der Waals surface area contributed by atoms with E-state index in [1.165, 1.54) is 5.75 Å². The monoisotopic (exact) mass is 277 g/mol. The molecule has 2 aromatic rings. The van der Waals surface area contributed by atoms with Crippen molar-refractivity contribution in [2.75, 3.05) is 11.5 Å². The van der Waals surface area contributed by atoms with Crippen LogP contribution < -0.4 is 0 Å². The number of benzene rings is 1. The number of nitrogens with zero attached hydrogens (tertiary/aromatic N) is 3. The maximum absolute atomic E-state index is 9.01. The smallest absolute Gasteiger partial charge is 0.125 e. The van der Waals surface area contributed by atoms with E-state index in [9.17, 15) is 0 Å². The molecule has 0 radical (unpaired) electrons. The highest BCUT2D eigenvalue weighted by Gasteiger charge is 2.22. The minimum atomic E-state index is 0.414. The van der Waals surface area contributed by atoms with E-state index in [1.807, 2.05) is 23.9 Å². The second-order valence-corrected chi connectivity index (χ2v) is 5.78. The lowest BCUT2D eigenvalue weighted by Gasteiger charge is -2.14. The second-order valence-electron chi connectivity index (χ2n) is 4.36. The number of imidazole rings is 1. The summed E-state index contributed by atoms with van der Waals surface area (Å²) in [7, 11) is 0. The quantitative estimate of drug-likeness (QED) is 0.791. The fourth-order valence-electron chi connectivity index (χ4n) is 2.44. The first-order chi connectivity index (χ1) is 8.83. The van der Waals surface area contributed by atoms with Crippen LogP contribution in [0.1, 0.15) is 23.9 Å². The van der Waals surface area contributed by atoms with E-state index in [-0.39, 0.29) is 0 Å². The van der Waals surface area contributed by atoms with Crippen LogP contribution in [0.25, 0.3) is 11.0 Å². The summed E-state index contributed by atoms with van der Waals surface area (Å²) in [5.74, 6) is 3.61. The van der Waals surface area contributed by atoms with E-state index in [0.717, 1.165) is 29.0 Å². The van der Waals surface area contributed by atoms with Crippen molar-refractivity contribution < 1.29 is 0 Å². The summed E-state index contributed by atoms with van der Waals surface area (Å²) in [6.07, 6.45) is 1.15. The standard InChI is InChI=1S/C13H12ClN3S/c14-6-13-16-11-2-1-9(7-15)5-12(11)17(13)10-3-4-18-8-10/h1-2,5,10H,3-4,6,8H2. The van der Waals surface area contributed by atoms with Gasteiger partial charge in [0.15, 0.2) is 0 Å². The zero-order valence-corrected chi connectivity index (χ0v) is 11.3. The molecule has 1 unspecified atom stereocenters. The fraction of sp³-hybridized carbons (Fsp3) is 0.385. The van der Waals surface area contributed by atoms with Gasteiger partial charge in [-0.25, -0.2) is 4.98 Å². The third-order valence-corrected chi connectivity index (χ3v) is 4.67. The summed E-state index contributed by atoms with van der Waals surface area (Å²) in [5.41, 5.74) is 2.65. The molecule has 2 heterocycles. The highest BCUT2D eigenvalue weighted by Crippen LogP contribution is 2.32. The maximum atomic E-state index is 9.01. The molecule has 1 fully saturated rings. The van der Waals surface area contributed by atoms with Gasteiger partial charge in [0.05, 0.1) is 28.5 Å². The number of nitriles is 1. The van der Waals surface area contributed by atoms with E-state index in [1.54, 1.807) is 6.07 Å². The Morgan fingerprint density at radius 2 is 2.44 bits per heavy atom. The van der Waals surface area contributed by atoms with Crippen LogP contribution >= 0.6 is 23.4 Å². The van der Waals surface area contributed by atoms with E-state index >= 15 is 0 Å². The number of alkyl halides is 1. The molecular weight excluding hydrogens is 266 g/mol. The lowest BCUT2D eigenvalue weighted by Crippen LogP contribution is -2.10. The Kier molecular flexibility index (Phi) is 3.19. The molecule has 3 rings (SSSR count). The van der Waals surface area contributed by atoms with Gasteiger partial charge in [0.2, 0.25) is 0 Å². The molecule has 5 heteroatoms. The Hall–Kier alpha value is -1.18. The van der Waals surface area contributed by atoms with Crippen molar-refractivity contribution in [3.63, 3.8) is 0 Å². The molecule has 0 spiro atoms. The Labute approximate surface area is 115 Å². The first-order valence-corrected chi connectivity index (χ1v) is 7.57. The first kappa shape index (κ1) is 11.9. The Morgan fingerprint density at radius 3 is 3.11 bits per heavy atom. The van der Waals surface area contributed by atoms with Crippen LogP contribution in [-0.4, -0.2) is 21.1 Å². The molecule has 3 nitrogen and oxygen atoms in total. The predicted molar refractivity (Wildman–Crippen MR) is 75.0 cm³/mol. The van der Waals surface area contributed by atoms with E-state index in [4.69, 9.17) is 16.9 Å². The van der Waals surface area contributed by atoms with Gasteiger partial charge in [-0.2, -0.15) is 17.0 Å². The predicted octanol–water partition coefficient (Wildman–Crippen LogP) is 3.32. The molecular formula is C13H12ClN3S. The number of hydrogen-bond donors (Lipinski definition) is 0. The summed E-state index contributed by atoms with van der Waals surface area (Å²) in [5, 5.41) is 9.01. The molecule has 0 amide bonds. The minimum absolute atomic E-state index is 0.414. The first-order valence-electron chi connectivity index (χ1n) is 5.88. The second kappa shape index (κ2) is 4.83. The molecule has 0 saturated carbocycles. The summed E-state index contributed by atoms with van der Waals surface area (Å²) in [6, 6.07) is 8.28. The van der Waals surface area contributed by atoms with Crippen molar-refractivity contribution in [3.8, 4) is 6.07 Å². The molecule has 1 aliphatic rings. The maximum Gasteiger partial charge on any atom is 0.125 e. The minimum Gasteiger partial charge on any atom is -0.323 e. The Bertz CT molecular complexity index is 623. The number of hydrogen-bond acceptors (Lipinski definition) is 3. The molecule has 0 bridgehead atoms. The Balaban J connectivity index is 2.21. The van der Waals surface area contributed by atoms with Crippen molar-refractivity contribution in [2.24, 2.45) is 0 Å². The van der Waals surface area contributed by atoms with Crippen LogP contribution in [0.15, 0.2) is 18.2 Å². The number of fused-ring (bicyclic) bond motifs is 1. The van der Waals surface area contributed by atoms with Crippen molar-refractivity contribution in [1.29, 1.82) is 5.26 Å². The lowest BCUT2D eigenvalue weighted by atomic mass is 10.2. The summed E-state index contributed by atoms with van der Waals surface area (Å²) < 4.78 is 2.23. The summed E-state index contributed by atoms with van der Waals surface area (Å²) in [4.78, 5) is 4.56. The van der Waals surface area contributed by atoms with Crippen LogP contribution in [-0.2, 0) is 5.88 Å². The van der Waals surface area contributed by atoms with E-state index < -0.39 is 0 Å². The number of rotatable bonds is 2. The fourth-order valence-corrected chi connectivity index (χ4v) is 3.82. The molecule has 1 atom stereocenters. The largest absolute Gasteiger partial charge is 0.323 e. The molecule has 0 N–H and O–H groups in total. The lowest BCUT2D eigenvalue weighted by molar-refractivity contribution is 0.558. The van der Waals surface area contributed by atoms with Crippen molar-refractivity contribution in [3.05, 3.63) is 29.6 Å². The highest BCUT2D eigenvalue weighted by atomic mass is 35.5. The highest BCUT2D eigenvalue weighted by molar-refractivity contribution is 7.99. The summed E-state index contributed by atoms with van der Waals surface area (Å²) in [6.45, 7) is 0. The van der Waals surface area contributed by atoms with Gasteiger partial charge in [-0.1, -0.05) is 0 Å². The molecule has 1 aromatic heterocycles. The van der Waals surface area contributed by atoms with Gasteiger partial charge in [0.1, 0.15) is 5.82 Å². The topological polar surface area (TPSA) is 41.6 Å². The van der Waals surface area contributed by atoms with Crippen molar-refractivity contribution in [2.45, 2.75) is 18.3 Å². The third kappa shape index (κ3) is 1.88. The van der Waals surface area contributed by atoms with E-state index in [2.05, 4.69) is 15.6 Å². The number of thioether (sulfide) groups is 1. The molecule has 1 aromatic carbocycles. The van der Waals surface area contributed by atoms with Crippen LogP contribution in [0.5, 0.6) is 0 Å². The van der Waals surface area contributed by atoms with Gasteiger partial charge in [0, 0.05) is 11.8 Å². The van der Waals surface area contributed by atoms with Crippen LogP contribution in [0, 0.1) is 11.3 Å². The van der Waals surface area contributed by atoms with Crippen molar-refractivity contribution >= 4 is 34.4 Å². The van der Waals surface area contributed by atoms with Crippen LogP contribution in [0.3, 0.4) is 0 Å². The zero-order valence-electron chi connectivity index (χ0n) is 9.77. The number of halogens is 1. The molecule has 1 saturated heterocycles. The molecule has 1 aliphatic heterocycles. The van der Waals surface area contributed by atoms with Gasteiger partial charge >= 0.3 is 0 Å². The SMILES string of the molecule is N#Cc1ccc2nc(CCl)n(C3CCSC3)c2c1. The van der Waals surface area contributed by atoms with Gasteiger partial charge in [-0.05, 0) is 30.4 Å². The van der Waals surface area contributed by atoms with Gasteiger partial charge < -0.3 is 4.57 Å². The Morgan fingerprint density at radius 1 is 1.56 bits per heavy atom. The average Bonchev–Trinajstić information content (AvgIpc) is 3.03. The van der Waals surface area contributed by atoms with Gasteiger partial charge in [-0.15, -0.1) is 11.6 Å². The van der Waals surface area contributed by atoms with Crippen molar-refractivity contribution in [1.82, 2.24) is 9.55 Å². The molecule has 0 aliphatic carbocycles. The zero-order chi connectivity index (χ0) is 12.5. The van der Waals surface area contributed by atoms with Crippen LogP contribution in [0.2, 0.25) is 0 Å². The third-order valence-electron chi connectivity index (χ3n) is 3.28. The van der Waals surface area contributed by atoms with Gasteiger partial charge in [0.25, 0.3) is 0 Å². The normalized spacial score (nSPS) is 19.2.